The summed E-state index contributed by atoms with van der Waals surface area (Å²) in [5, 5.41) is 2.74. The van der Waals surface area contributed by atoms with Crippen LogP contribution in [-0.2, 0) is 6.18 Å². The Hall–Kier alpha value is -2.35. The van der Waals surface area contributed by atoms with E-state index in [1.165, 1.54) is 18.5 Å². The zero-order chi connectivity index (χ0) is 19.4. The van der Waals surface area contributed by atoms with Crippen LogP contribution in [0.5, 0.6) is 0 Å². The van der Waals surface area contributed by atoms with Crippen LogP contribution in [0.15, 0.2) is 60.9 Å². The lowest BCUT2D eigenvalue weighted by atomic mass is 10.1. The van der Waals surface area contributed by atoms with Crippen molar-refractivity contribution in [3.05, 3.63) is 77.1 Å². The summed E-state index contributed by atoms with van der Waals surface area (Å²) in [6.07, 6.45) is -3.17. The van der Waals surface area contributed by atoms with E-state index in [2.05, 4.69) is 15.3 Å². The highest BCUT2D eigenvalue weighted by atomic mass is 35.5. The maximum atomic E-state index is 12.8. The highest BCUT2D eigenvalue weighted by Gasteiger charge is 2.33. The molecular formula is C19H17Cl2F3N4. The molecule has 0 radical (unpaired) electrons. The van der Waals surface area contributed by atoms with Crippen LogP contribution in [0.25, 0.3) is 11.3 Å². The maximum absolute atomic E-state index is 12.8. The number of hydrogen-bond donors (Lipinski definition) is 2. The Bertz CT molecular complexity index is 921. The predicted octanol–water partition coefficient (Wildman–Crippen LogP) is 5.35. The second-order valence-electron chi connectivity index (χ2n) is 5.88. The molecule has 28 heavy (non-hydrogen) atoms. The van der Waals surface area contributed by atoms with Gasteiger partial charge in [-0.05, 0) is 17.7 Å². The van der Waals surface area contributed by atoms with Gasteiger partial charge in [-0.1, -0.05) is 48.0 Å². The highest BCUT2D eigenvalue weighted by Crippen LogP contribution is 2.36. The van der Waals surface area contributed by atoms with Gasteiger partial charge < -0.3 is 11.1 Å². The van der Waals surface area contributed by atoms with Gasteiger partial charge in [0.2, 0.25) is 0 Å². The van der Waals surface area contributed by atoms with Crippen LogP contribution in [0.1, 0.15) is 17.2 Å². The van der Waals surface area contributed by atoms with Gasteiger partial charge in [-0.25, -0.2) is 9.97 Å². The molecular weight excluding hydrogens is 412 g/mol. The minimum atomic E-state index is -4.50. The predicted molar refractivity (Wildman–Crippen MR) is 107 cm³/mol. The van der Waals surface area contributed by atoms with Crippen LogP contribution in [0.2, 0.25) is 5.02 Å². The van der Waals surface area contributed by atoms with Crippen LogP contribution in [0.3, 0.4) is 0 Å². The van der Waals surface area contributed by atoms with Crippen LogP contribution in [0, 0.1) is 0 Å². The van der Waals surface area contributed by atoms with E-state index in [-0.39, 0.29) is 23.5 Å². The van der Waals surface area contributed by atoms with Crippen molar-refractivity contribution < 1.29 is 13.2 Å². The van der Waals surface area contributed by atoms with Crippen molar-refractivity contribution in [2.45, 2.75) is 12.2 Å². The van der Waals surface area contributed by atoms with Crippen LogP contribution < -0.4 is 11.1 Å². The van der Waals surface area contributed by atoms with Gasteiger partial charge in [0, 0.05) is 24.2 Å². The number of halogens is 5. The van der Waals surface area contributed by atoms with Crippen molar-refractivity contribution in [3.8, 4) is 11.3 Å². The molecule has 0 fully saturated rings. The lowest BCUT2D eigenvalue weighted by Gasteiger charge is -2.14. The third kappa shape index (κ3) is 5.34. The summed E-state index contributed by atoms with van der Waals surface area (Å²) in [6, 6.07) is 14.5. The smallest absolute Gasteiger partial charge is 0.368 e. The van der Waals surface area contributed by atoms with Gasteiger partial charge >= 0.3 is 6.18 Å². The van der Waals surface area contributed by atoms with Gasteiger partial charge in [0.15, 0.2) is 0 Å². The number of anilines is 1. The van der Waals surface area contributed by atoms with E-state index in [9.17, 15) is 13.2 Å². The Labute approximate surface area is 171 Å². The Morgan fingerprint density at radius 3 is 2.39 bits per heavy atom. The fourth-order valence-electron chi connectivity index (χ4n) is 2.55. The SMILES string of the molecule is Cl.N[C@H](CNc1cc(-c2ccc(C(F)(F)F)c(Cl)c2)ncn1)c1ccccc1. The number of hydrogen-bond acceptors (Lipinski definition) is 4. The molecule has 2 aromatic carbocycles. The van der Waals surface area contributed by atoms with Gasteiger partial charge in [-0.3, -0.25) is 0 Å². The quantitative estimate of drug-likeness (QED) is 0.574. The fourth-order valence-corrected chi connectivity index (χ4v) is 2.84. The Morgan fingerprint density at radius 1 is 1.04 bits per heavy atom. The van der Waals surface area contributed by atoms with E-state index in [0.29, 0.717) is 23.6 Å². The van der Waals surface area contributed by atoms with Crippen LogP contribution in [-0.4, -0.2) is 16.5 Å². The Balaban J connectivity index is 0.00000280. The number of nitrogens with one attached hydrogen (secondary N) is 1. The van der Waals surface area contributed by atoms with Crippen molar-refractivity contribution in [1.82, 2.24) is 9.97 Å². The molecule has 3 rings (SSSR count). The number of nitrogens with two attached hydrogens (primary N) is 1. The fraction of sp³-hybridized carbons (Fsp3) is 0.158. The van der Waals surface area contributed by atoms with Crippen molar-refractivity contribution in [2.75, 3.05) is 11.9 Å². The molecule has 1 atom stereocenters. The summed E-state index contributed by atoms with van der Waals surface area (Å²) >= 11 is 5.78. The van der Waals surface area contributed by atoms with Gasteiger partial charge in [-0.15, -0.1) is 12.4 Å². The monoisotopic (exact) mass is 428 g/mol. The van der Waals surface area contributed by atoms with Crippen molar-refractivity contribution in [3.63, 3.8) is 0 Å². The Kier molecular flexibility index (Phi) is 7.23. The first-order chi connectivity index (χ1) is 12.8. The van der Waals surface area contributed by atoms with E-state index < -0.39 is 11.7 Å². The molecule has 0 aliphatic rings. The molecule has 0 amide bonds. The van der Waals surface area contributed by atoms with Crippen molar-refractivity contribution in [2.24, 2.45) is 5.73 Å². The van der Waals surface area contributed by atoms with Gasteiger partial charge in [0.25, 0.3) is 0 Å². The number of alkyl halides is 3. The van der Waals surface area contributed by atoms with Gasteiger partial charge in [-0.2, -0.15) is 13.2 Å². The molecule has 4 nitrogen and oxygen atoms in total. The normalized spacial score (nSPS) is 12.2. The summed E-state index contributed by atoms with van der Waals surface area (Å²) in [7, 11) is 0. The lowest BCUT2D eigenvalue weighted by molar-refractivity contribution is -0.137. The van der Waals surface area contributed by atoms with E-state index in [4.69, 9.17) is 17.3 Å². The van der Waals surface area contributed by atoms with E-state index in [1.54, 1.807) is 6.07 Å². The average Bonchev–Trinajstić information content (AvgIpc) is 2.66. The largest absolute Gasteiger partial charge is 0.417 e. The second kappa shape index (κ2) is 9.23. The molecule has 3 aromatic rings. The topological polar surface area (TPSA) is 63.8 Å². The molecule has 1 heterocycles. The molecule has 0 unspecified atom stereocenters. The number of nitrogens with zero attached hydrogens (tertiary/aromatic N) is 2. The first-order valence-corrected chi connectivity index (χ1v) is 8.46. The van der Waals surface area contributed by atoms with Crippen LogP contribution in [0.4, 0.5) is 19.0 Å². The van der Waals surface area contributed by atoms with Crippen molar-refractivity contribution in [1.29, 1.82) is 0 Å². The summed E-state index contributed by atoms with van der Waals surface area (Å²) in [5.41, 5.74) is 7.16. The Morgan fingerprint density at radius 2 is 1.75 bits per heavy atom. The third-order valence-electron chi connectivity index (χ3n) is 3.97. The van der Waals surface area contributed by atoms with E-state index >= 15 is 0 Å². The molecule has 3 N–H and O–H groups in total. The molecule has 0 saturated carbocycles. The number of aromatic nitrogens is 2. The van der Waals surface area contributed by atoms with E-state index in [1.807, 2.05) is 30.3 Å². The number of rotatable bonds is 5. The summed E-state index contributed by atoms with van der Waals surface area (Å²) in [5.74, 6) is 0.516. The second-order valence-corrected chi connectivity index (χ2v) is 6.29. The minimum absolute atomic E-state index is 0. The molecule has 1 aromatic heterocycles. The zero-order valence-corrected chi connectivity index (χ0v) is 16.0. The molecule has 0 saturated heterocycles. The molecule has 148 valence electrons. The number of benzene rings is 2. The van der Waals surface area contributed by atoms with E-state index in [0.717, 1.165) is 11.6 Å². The third-order valence-corrected chi connectivity index (χ3v) is 4.28. The van der Waals surface area contributed by atoms with Crippen LogP contribution >= 0.6 is 24.0 Å². The molecule has 0 bridgehead atoms. The highest BCUT2D eigenvalue weighted by molar-refractivity contribution is 6.31. The maximum Gasteiger partial charge on any atom is 0.417 e. The zero-order valence-electron chi connectivity index (χ0n) is 14.4. The van der Waals surface area contributed by atoms with Crippen molar-refractivity contribution >= 4 is 29.8 Å². The minimum Gasteiger partial charge on any atom is -0.368 e. The molecule has 0 spiro atoms. The summed E-state index contributed by atoms with van der Waals surface area (Å²) < 4.78 is 38.5. The lowest BCUT2D eigenvalue weighted by Crippen LogP contribution is -2.20. The average molecular weight is 429 g/mol. The first-order valence-electron chi connectivity index (χ1n) is 8.08. The summed E-state index contributed by atoms with van der Waals surface area (Å²) in [4.78, 5) is 8.22. The van der Waals surface area contributed by atoms with Gasteiger partial charge in [0.1, 0.15) is 12.1 Å². The summed E-state index contributed by atoms with van der Waals surface area (Å²) in [6.45, 7) is 0.439. The standard InChI is InChI=1S/C19H16ClF3N4.ClH/c20-15-8-13(6-7-14(15)19(21,22)23)17-9-18(27-11-26-17)25-10-16(24)12-4-2-1-3-5-12;/h1-9,11,16H,10,24H2,(H,25,26,27);1H/t16-;/m1./s1. The molecule has 9 heteroatoms. The first kappa shape index (κ1) is 21.9. The van der Waals surface area contributed by atoms with Gasteiger partial charge in [0.05, 0.1) is 16.3 Å². The molecule has 0 aliphatic heterocycles. The molecule has 0 aliphatic carbocycles.